The Balaban J connectivity index is 1.98. The van der Waals surface area contributed by atoms with Crippen LogP contribution < -0.4 is 0 Å². The van der Waals surface area contributed by atoms with Crippen molar-refractivity contribution in [3.8, 4) is 0 Å². The molecule has 14 heavy (non-hydrogen) atoms. The van der Waals surface area contributed by atoms with E-state index in [0.717, 1.165) is 24.5 Å². The van der Waals surface area contributed by atoms with E-state index in [1.165, 1.54) is 12.8 Å². The first-order chi connectivity index (χ1) is 6.66. The molecule has 0 unspecified atom stereocenters. The third kappa shape index (κ3) is 1.81. The Morgan fingerprint density at radius 3 is 2.43 bits per heavy atom. The summed E-state index contributed by atoms with van der Waals surface area (Å²) in [4.78, 5) is 11.6. The molecule has 0 bridgehead atoms. The predicted molar refractivity (Wildman–Crippen MR) is 56.0 cm³/mol. The molecule has 1 heterocycles. The van der Waals surface area contributed by atoms with Gasteiger partial charge in [0.1, 0.15) is 0 Å². The van der Waals surface area contributed by atoms with Crippen molar-refractivity contribution in [1.29, 1.82) is 0 Å². The van der Waals surface area contributed by atoms with Gasteiger partial charge < -0.3 is 0 Å². The number of amides is 1. The number of nitrogens with zero attached hydrogens (tertiary/aromatic N) is 2. The van der Waals surface area contributed by atoms with Crippen LogP contribution in [0.4, 0.5) is 0 Å². The molecule has 3 heteroatoms. The van der Waals surface area contributed by atoms with Crippen molar-refractivity contribution in [3.63, 3.8) is 0 Å². The Hall–Kier alpha value is -0.860. The van der Waals surface area contributed by atoms with E-state index in [9.17, 15) is 4.79 Å². The molecular weight excluding hydrogens is 176 g/mol. The van der Waals surface area contributed by atoms with Crippen LogP contribution in [0.1, 0.15) is 46.0 Å². The maximum Gasteiger partial charge on any atom is 0.248 e. The number of carbonyl (C=O) groups is 1. The minimum absolute atomic E-state index is 0.196. The monoisotopic (exact) mass is 194 g/mol. The number of hydrogen-bond donors (Lipinski definition) is 0. The Bertz CT molecular complexity index is 264. The van der Waals surface area contributed by atoms with Crippen molar-refractivity contribution in [2.24, 2.45) is 11.0 Å². The molecule has 78 valence electrons. The fraction of sp³-hybridized carbons (Fsp3) is 0.818. The third-order valence-electron chi connectivity index (χ3n) is 3.27. The van der Waals surface area contributed by atoms with Gasteiger partial charge in [0.05, 0.1) is 12.5 Å². The molecule has 1 amide bonds. The molecule has 3 nitrogen and oxygen atoms in total. The standard InChI is InChI=1S/C11H18N2O/c1-8-3-5-10(6-4-8)13-11(14)7-9(2)12-13/h8,10H,3-7H2,1-2H3. The molecule has 0 aromatic heterocycles. The fourth-order valence-electron chi connectivity index (χ4n) is 2.35. The molecule has 0 atom stereocenters. The van der Waals surface area contributed by atoms with E-state index in [-0.39, 0.29) is 5.91 Å². The van der Waals surface area contributed by atoms with Gasteiger partial charge in [-0.05, 0) is 38.5 Å². The summed E-state index contributed by atoms with van der Waals surface area (Å²) in [5.41, 5.74) is 0.966. The number of carbonyl (C=O) groups excluding carboxylic acids is 1. The van der Waals surface area contributed by atoms with E-state index in [2.05, 4.69) is 12.0 Å². The summed E-state index contributed by atoms with van der Waals surface area (Å²) >= 11 is 0. The van der Waals surface area contributed by atoms with E-state index in [1.54, 1.807) is 5.01 Å². The summed E-state index contributed by atoms with van der Waals surface area (Å²) in [5, 5.41) is 6.06. The molecule has 1 saturated carbocycles. The topological polar surface area (TPSA) is 32.7 Å². The van der Waals surface area contributed by atoms with E-state index >= 15 is 0 Å². The lowest BCUT2D eigenvalue weighted by molar-refractivity contribution is -0.131. The molecule has 1 aliphatic carbocycles. The van der Waals surface area contributed by atoms with Gasteiger partial charge in [-0.3, -0.25) is 4.79 Å². The second-order valence-corrected chi connectivity index (χ2v) is 4.66. The van der Waals surface area contributed by atoms with Crippen molar-refractivity contribution >= 4 is 11.6 Å². The SMILES string of the molecule is CC1=NN(C2CCC(C)CC2)C(=O)C1. The Kier molecular flexibility index (Phi) is 2.57. The molecule has 0 spiro atoms. The Morgan fingerprint density at radius 2 is 1.93 bits per heavy atom. The highest BCUT2D eigenvalue weighted by molar-refractivity contribution is 6.03. The van der Waals surface area contributed by atoms with Crippen LogP contribution in [0, 0.1) is 5.92 Å². The van der Waals surface area contributed by atoms with Gasteiger partial charge in [0.15, 0.2) is 0 Å². The van der Waals surface area contributed by atoms with Crippen molar-refractivity contribution < 1.29 is 4.79 Å². The summed E-state index contributed by atoms with van der Waals surface area (Å²) in [6.07, 6.45) is 5.27. The average Bonchev–Trinajstić information content (AvgIpc) is 2.47. The van der Waals surface area contributed by atoms with Crippen LogP contribution in [0.15, 0.2) is 5.10 Å². The summed E-state index contributed by atoms with van der Waals surface area (Å²) in [5.74, 6) is 1.02. The van der Waals surface area contributed by atoms with E-state index in [0.29, 0.717) is 12.5 Å². The summed E-state index contributed by atoms with van der Waals surface area (Å²) in [6.45, 7) is 4.22. The molecule has 0 radical (unpaired) electrons. The van der Waals surface area contributed by atoms with E-state index in [1.807, 2.05) is 6.92 Å². The van der Waals surface area contributed by atoms with Crippen molar-refractivity contribution in [1.82, 2.24) is 5.01 Å². The maximum absolute atomic E-state index is 11.6. The zero-order valence-corrected chi connectivity index (χ0v) is 8.99. The summed E-state index contributed by atoms with van der Waals surface area (Å²) in [6, 6.07) is 0.385. The molecule has 0 aromatic rings. The van der Waals surface area contributed by atoms with Crippen LogP contribution in [-0.2, 0) is 4.79 Å². The van der Waals surface area contributed by atoms with Gasteiger partial charge >= 0.3 is 0 Å². The molecule has 1 aliphatic heterocycles. The number of hydrazone groups is 1. The lowest BCUT2D eigenvalue weighted by Crippen LogP contribution is -2.35. The fourth-order valence-corrected chi connectivity index (χ4v) is 2.35. The Morgan fingerprint density at radius 1 is 1.29 bits per heavy atom. The third-order valence-corrected chi connectivity index (χ3v) is 3.27. The first-order valence-corrected chi connectivity index (χ1v) is 5.53. The number of rotatable bonds is 1. The van der Waals surface area contributed by atoms with Gasteiger partial charge in [0, 0.05) is 5.71 Å². The van der Waals surface area contributed by atoms with Crippen LogP contribution >= 0.6 is 0 Å². The van der Waals surface area contributed by atoms with Gasteiger partial charge in [0.2, 0.25) is 5.91 Å². The Labute approximate surface area is 85.2 Å². The van der Waals surface area contributed by atoms with E-state index in [4.69, 9.17) is 0 Å². The highest BCUT2D eigenvalue weighted by atomic mass is 16.2. The zero-order valence-electron chi connectivity index (χ0n) is 8.99. The van der Waals surface area contributed by atoms with Crippen LogP contribution in [0.25, 0.3) is 0 Å². The summed E-state index contributed by atoms with van der Waals surface area (Å²) < 4.78 is 0. The molecular formula is C11H18N2O. The average molecular weight is 194 g/mol. The highest BCUT2D eigenvalue weighted by Gasteiger charge is 2.30. The van der Waals surface area contributed by atoms with Crippen molar-refractivity contribution in [2.75, 3.05) is 0 Å². The van der Waals surface area contributed by atoms with Gasteiger partial charge in [-0.2, -0.15) is 5.10 Å². The minimum atomic E-state index is 0.196. The van der Waals surface area contributed by atoms with Gasteiger partial charge in [-0.15, -0.1) is 0 Å². The second-order valence-electron chi connectivity index (χ2n) is 4.66. The molecule has 0 N–H and O–H groups in total. The van der Waals surface area contributed by atoms with Gasteiger partial charge in [0.25, 0.3) is 0 Å². The summed E-state index contributed by atoms with van der Waals surface area (Å²) in [7, 11) is 0. The molecule has 2 aliphatic rings. The second kappa shape index (κ2) is 3.71. The first kappa shape index (κ1) is 9.69. The lowest BCUT2D eigenvalue weighted by atomic mass is 9.87. The predicted octanol–water partition coefficient (Wildman–Crippen LogP) is 2.17. The smallest absolute Gasteiger partial charge is 0.248 e. The quantitative estimate of drug-likeness (QED) is 0.629. The zero-order chi connectivity index (χ0) is 10.1. The molecule has 1 fully saturated rings. The van der Waals surface area contributed by atoms with Crippen molar-refractivity contribution in [3.05, 3.63) is 0 Å². The molecule has 0 saturated heterocycles. The van der Waals surface area contributed by atoms with Crippen LogP contribution in [-0.4, -0.2) is 22.7 Å². The van der Waals surface area contributed by atoms with E-state index < -0.39 is 0 Å². The van der Waals surface area contributed by atoms with Crippen molar-refractivity contribution in [2.45, 2.75) is 52.0 Å². The van der Waals surface area contributed by atoms with Crippen LogP contribution in [0.5, 0.6) is 0 Å². The molecule has 2 rings (SSSR count). The lowest BCUT2D eigenvalue weighted by Gasteiger charge is -2.30. The number of hydrogen-bond acceptors (Lipinski definition) is 2. The van der Waals surface area contributed by atoms with Crippen LogP contribution in [0.2, 0.25) is 0 Å². The maximum atomic E-state index is 11.6. The highest BCUT2D eigenvalue weighted by Crippen LogP contribution is 2.29. The normalized spacial score (nSPS) is 33.4. The van der Waals surface area contributed by atoms with Gasteiger partial charge in [-0.1, -0.05) is 6.92 Å². The first-order valence-electron chi connectivity index (χ1n) is 5.53. The van der Waals surface area contributed by atoms with Crippen LogP contribution in [0.3, 0.4) is 0 Å². The van der Waals surface area contributed by atoms with Gasteiger partial charge in [-0.25, -0.2) is 5.01 Å². The largest absolute Gasteiger partial charge is 0.273 e. The molecule has 0 aromatic carbocycles. The minimum Gasteiger partial charge on any atom is -0.273 e.